The average Bonchev–Trinajstić information content (AvgIpc) is 3.89. The van der Waals surface area contributed by atoms with Gasteiger partial charge in [0.15, 0.2) is 5.69 Å². The van der Waals surface area contributed by atoms with E-state index in [1.54, 1.807) is 0 Å². The quantitative estimate of drug-likeness (QED) is 0.169. The van der Waals surface area contributed by atoms with Crippen molar-refractivity contribution in [3.63, 3.8) is 0 Å². The molecule has 0 radical (unpaired) electrons. The molecule has 254 valence electrons. The lowest BCUT2D eigenvalue weighted by atomic mass is 9.99. The summed E-state index contributed by atoms with van der Waals surface area (Å²) in [4.78, 5) is 3.85. The third-order valence-corrected chi connectivity index (χ3v) is 11.1. The van der Waals surface area contributed by atoms with E-state index in [1.807, 2.05) is 36.4 Å². The van der Waals surface area contributed by atoms with E-state index in [9.17, 15) is 5.26 Å². The summed E-state index contributed by atoms with van der Waals surface area (Å²) in [5, 5.41) is 17.1. The number of rotatable bonds is 4. The van der Waals surface area contributed by atoms with Crippen molar-refractivity contribution in [2.75, 3.05) is 0 Å². The van der Waals surface area contributed by atoms with Crippen LogP contribution in [0.2, 0.25) is 0 Å². The predicted molar refractivity (Wildman–Crippen MR) is 226 cm³/mol. The van der Waals surface area contributed by atoms with Gasteiger partial charge in [0.05, 0.1) is 51.5 Å². The van der Waals surface area contributed by atoms with E-state index in [4.69, 9.17) is 6.57 Å². The lowest BCUT2D eigenvalue weighted by Gasteiger charge is -2.13. The van der Waals surface area contributed by atoms with Gasteiger partial charge in [-0.05, 0) is 83.7 Å². The van der Waals surface area contributed by atoms with Crippen LogP contribution in [0, 0.1) is 17.9 Å². The second-order valence-electron chi connectivity index (χ2n) is 13.9. The minimum absolute atomic E-state index is 0.604. The van der Waals surface area contributed by atoms with Gasteiger partial charge in [-0.15, -0.1) is 0 Å². The molecule has 0 saturated carbocycles. The molecule has 3 heterocycles. The summed E-state index contributed by atoms with van der Waals surface area (Å²) in [6, 6.07) is 63.6. The zero-order valence-electron chi connectivity index (χ0n) is 29.5. The summed E-state index contributed by atoms with van der Waals surface area (Å²) in [6.45, 7) is 7.85. The Balaban J connectivity index is 1.09. The van der Waals surface area contributed by atoms with E-state index < -0.39 is 0 Å². The van der Waals surface area contributed by atoms with Crippen LogP contribution in [0.3, 0.4) is 0 Å². The number of aromatic nitrogens is 3. The molecule has 11 aromatic rings. The molecule has 3 aromatic heterocycles. The van der Waals surface area contributed by atoms with Crippen molar-refractivity contribution in [3.8, 4) is 34.3 Å². The van der Waals surface area contributed by atoms with Gasteiger partial charge in [-0.3, -0.25) is 0 Å². The Hall–Kier alpha value is -7.86. The monoisotopic (exact) mass is 699 g/mol. The Labute approximate surface area is 316 Å². The molecule has 11 rings (SSSR count). The molecule has 5 nitrogen and oxygen atoms in total. The molecular weight excluding hydrogens is 671 g/mol. The summed E-state index contributed by atoms with van der Waals surface area (Å²) >= 11 is 0. The SMILES string of the molecule is [C-]#[N+]c1cccc2c1c1ccccc1n2-c1ccc(C#N)c(-c2ccc(-n3c4ccccc4c4c(-n5c6ccccc6c6ccccc65)cccc43)cc2)c1. The van der Waals surface area contributed by atoms with Crippen molar-refractivity contribution < 1.29 is 0 Å². The van der Waals surface area contributed by atoms with Crippen molar-refractivity contribution in [1.29, 1.82) is 5.26 Å². The van der Waals surface area contributed by atoms with Gasteiger partial charge >= 0.3 is 0 Å². The lowest BCUT2D eigenvalue weighted by molar-refractivity contribution is 1.17. The molecule has 0 amide bonds. The second kappa shape index (κ2) is 11.8. The van der Waals surface area contributed by atoms with Gasteiger partial charge in [0.1, 0.15) is 0 Å². The molecule has 0 spiro atoms. The Kier molecular flexibility index (Phi) is 6.61. The van der Waals surface area contributed by atoms with Gasteiger partial charge in [-0.1, -0.05) is 103 Å². The maximum atomic E-state index is 10.3. The summed E-state index contributed by atoms with van der Waals surface area (Å²) in [5.41, 5.74) is 12.8. The summed E-state index contributed by atoms with van der Waals surface area (Å²) in [7, 11) is 0. The Morgan fingerprint density at radius 3 is 1.55 bits per heavy atom. The summed E-state index contributed by atoms with van der Waals surface area (Å²) in [5.74, 6) is 0. The Bertz CT molecular complexity index is 3400. The zero-order chi connectivity index (χ0) is 36.6. The molecule has 55 heavy (non-hydrogen) atoms. The number of fused-ring (bicyclic) bond motifs is 9. The molecule has 0 aliphatic heterocycles. The normalized spacial score (nSPS) is 11.6. The van der Waals surface area contributed by atoms with Gasteiger partial charge in [-0.25, -0.2) is 4.85 Å². The number of nitrogens with zero attached hydrogens (tertiary/aromatic N) is 5. The molecule has 0 atom stereocenters. The molecule has 0 unspecified atom stereocenters. The summed E-state index contributed by atoms with van der Waals surface area (Å²) in [6.07, 6.45) is 0. The highest BCUT2D eigenvalue weighted by molar-refractivity contribution is 6.17. The minimum atomic E-state index is 0.604. The maximum absolute atomic E-state index is 10.3. The fourth-order valence-electron chi connectivity index (χ4n) is 8.82. The predicted octanol–water partition coefficient (Wildman–Crippen LogP) is 13.1. The van der Waals surface area contributed by atoms with Gasteiger partial charge < -0.3 is 13.7 Å². The number of nitriles is 1. The van der Waals surface area contributed by atoms with Crippen LogP contribution < -0.4 is 0 Å². The molecule has 0 N–H and O–H groups in total. The van der Waals surface area contributed by atoms with Crippen LogP contribution in [0.25, 0.3) is 98.5 Å². The van der Waals surface area contributed by atoms with Crippen molar-refractivity contribution in [1.82, 2.24) is 13.7 Å². The first-order valence-electron chi connectivity index (χ1n) is 18.3. The lowest BCUT2D eigenvalue weighted by Crippen LogP contribution is -1.97. The van der Waals surface area contributed by atoms with Gasteiger partial charge in [0, 0.05) is 49.4 Å². The Morgan fingerprint density at radius 2 is 0.927 bits per heavy atom. The number of hydrogen-bond donors (Lipinski definition) is 0. The van der Waals surface area contributed by atoms with Crippen molar-refractivity contribution >= 4 is 71.1 Å². The van der Waals surface area contributed by atoms with Crippen LogP contribution in [0.1, 0.15) is 5.56 Å². The minimum Gasteiger partial charge on any atom is -0.311 e. The van der Waals surface area contributed by atoms with E-state index in [1.165, 1.54) is 32.6 Å². The molecule has 5 heteroatoms. The fraction of sp³-hybridized carbons (Fsp3) is 0. The molecule has 0 aliphatic rings. The van der Waals surface area contributed by atoms with Crippen LogP contribution in [0.4, 0.5) is 5.69 Å². The summed E-state index contributed by atoms with van der Waals surface area (Å²) < 4.78 is 6.95. The van der Waals surface area contributed by atoms with Crippen molar-refractivity contribution in [2.24, 2.45) is 0 Å². The molecule has 0 bridgehead atoms. The molecule has 8 aromatic carbocycles. The van der Waals surface area contributed by atoms with E-state index in [2.05, 4.69) is 164 Å². The van der Waals surface area contributed by atoms with Gasteiger partial charge in [-0.2, -0.15) is 5.26 Å². The first kappa shape index (κ1) is 30.7. The number of para-hydroxylation sites is 4. The number of benzene rings is 8. The van der Waals surface area contributed by atoms with Crippen LogP contribution in [0.15, 0.2) is 176 Å². The van der Waals surface area contributed by atoms with E-state index in [0.29, 0.717) is 11.3 Å². The van der Waals surface area contributed by atoms with Crippen LogP contribution >= 0.6 is 0 Å². The van der Waals surface area contributed by atoms with Crippen molar-refractivity contribution in [2.45, 2.75) is 0 Å². The largest absolute Gasteiger partial charge is 0.311 e. The van der Waals surface area contributed by atoms with Crippen LogP contribution in [-0.4, -0.2) is 13.7 Å². The standard InChI is InChI=1S/C50H29N5/c1-52-41-16-10-21-46-49(41)38-14-4-8-19-44(38)54(46)35-29-26-33(31-51)40(30-35)32-24-27-34(28-25-32)53-45-20-9-5-15-39(45)50-47(53)22-11-23-48(50)55-42-17-6-2-12-36(42)37-13-3-7-18-43(37)55/h2-30H. The highest BCUT2D eigenvalue weighted by Gasteiger charge is 2.20. The van der Waals surface area contributed by atoms with Gasteiger partial charge in [0.25, 0.3) is 0 Å². The first-order valence-corrected chi connectivity index (χ1v) is 18.3. The van der Waals surface area contributed by atoms with E-state index in [0.717, 1.165) is 61.0 Å². The second-order valence-corrected chi connectivity index (χ2v) is 13.9. The molecule has 0 fully saturated rings. The van der Waals surface area contributed by atoms with E-state index in [-0.39, 0.29) is 0 Å². The molecule has 0 saturated heterocycles. The molecule has 0 aliphatic carbocycles. The Morgan fingerprint density at radius 1 is 0.436 bits per heavy atom. The number of hydrogen-bond acceptors (Lipinski definition) is 1. The highest BCUT2D eigenvalue weighted by atomic mass is 15.0. The average molecular weight is 700 g/mol. The fourth-order valence-corrected chi connectivity index (χ4v) is 8.82. The first-order chi connectivity index (χ1) is 27.2. The van der Waals surface area contributed by atoms with Gasteiger partial charge in [0.2, 0.25) is 0 Å². The maximum Gasteiger partial charge on any atom is 0.197 e. The topological polar surface area (TPSA) is 42.9 Å². The van der Waals surface area contributed by atoms with Crippen molar-refractivity contribution in [3.05, 3.63) is 193 Å². The molecular formula is C50H29N5. The third-order valence-electron chi connectivity index (χ3n) is 11.1. The third kappa shape index (κ3) is 4.39. The van der Waals surface area contributed by atoms with Crippen LogP contribution in [0.5, 0.6) is 0 Å². The highest BCUT2D eigenvalue weighted by Crippen LogP contribution is 2.41. The smallest absolute Gasteiger partial charge is 0.197 e. The van der Waals surface area contributed by atoms with Crippen LogP contribution in [-0.2, 0) is 0 Å². The van der Waals surface area contributed by atoms with E-state index >= 15 is 0 Å². The zero-order valence-corrected chi connectivity index (χ0v) is 29.5.